The van der Waals surface area contributed by atoms with Gasteiger partial charge in [-0.2, -0.15) is 16.9 Å². The molecule has 1 N–H and O–H groups in total. The van der Waals surface area contributed by atoms with E-state index in [0.29, 0.717) is 11.6 Å². The molecule has 0 radical (unpaired) electrons. The number of halogens is 1. The van der Waals surface area contributed by atoms with Gasteiger partial charge in [-0.05, 0) is 12.7 Å². The molecule has 0 aliphatic heterocycles. The minimum atomic E-state index is -0.338. The standard InChI is InChI=1S/C10H17ClN2OS/c1-4-15-6-8(14)5-9-7(2)12-13(3)10(9)11/h8,14H,4-6H2,1-3H3. The lowest BCUT2D eigenvalue weighted by atomic mass is 10.1. The van der Waals surface area contributed by atoms with Gasteiger partial charge in [0, 0.05) is 24.8 Å². The fourth-order valence-corrected chi connectivity index (χ4v) is 2.33. The number of aliphatic hydroxyl groups is 1. The molecule has 1 unspecified atom stereocenters. The van der Waals surface area contributed by atoms with Crippen LogP contribution in [0, 0.1) is 6.92 Å². The van der Waals surface area contributed by atoms with Crippen molar-refractivity contribution in [3.8, 4) is 0 Å². The Morgan fingerprint density at radius 2 is 2.27 bits per heavy atom. The molecule has 0 aliphatic rings. The molecule has 0 bridgehead atoms. The smallest absolute Gasteiger partial charge is 0.130 e. The largest absolute Gasteiger partial charge is 0.392 e. The van der Waals surface area contributed by atoms with Crippen LogP contribution in [0.5, 0.6) is 0 Å². The van der Waals surface area contributed by atoms with Crippen molar-refractivity contribution in [2.45, 2.75) is 26.4 Å². The highest BCUT2D eigenvalue weighted by Crippen LogP contribution is 2.21. The first kappa shape index (κ1) is 12.9. The molecule has 0 saturated heterocycles. The summed E-state index contributed by atoms with van der Waals surface area (Å²) in [4.78, 5) is 0. The number of aromatic nitrogens is 2. The average Bonchev–Trinajstić information content (AvgIpc) is 2.42. The van der Waals surface area contributed by atoms with E-state index >= 15 is 0 Å². The van der Waals surface area contributed by atoms with E-state index in [2.05, 4.69) is 12.0 Å². The normalized spacial score (nSPS) is 13.1. The minimum Gasteiger partial charge on any atom is -0.392 e. The molecule has 86 valence electrons. The number of aliphatic hydroxyl groups excluding tert-OH is 1. The Labute approximate surface area is 99.8 Å². The lowest BCUT2D eigenvalue weighted by Crippen LogP contribution is -2.14. The van der Waals surface area contributed by atoms with Crippen LogP contribution in [-0.4, -0.2) is 32.5 Å². The zero-order chi connectivity index (χ0) is 11.4. The summed E-state index contributed by atoms with van der Waals surface area (Å²) >= 11 is 7.81. The molecule has 0 aliphatic carbocycles. The lowest BCUT2D eigenvalue weighted by molar-refractivity contribution is 0.200. The maximum absolute atomic E-state index is 9.78. The zero-order valence-electron chi connectivity index (χ0n) is 9.33. The third-order valence-electron chi connectivity index (χ3n) is 2.22. The van der Waals surface area contributed by atoms with Gasteiger partial charge in [0.25, 0.3) is 0 Å². The topological polar surface area (TPSA) is 38.1 Å². The van der Waals surface area contributed by atoms with Crippen LogP contribution in [0.2, 0.25) is 5.15 Å². The molecule has 5 heteroatoms. The predicted molar refractivity (Wildman–Crippen MR) is 65.7 cm³/mol. The molecule has 1 rings (SSSR count). The van der Waals surface area contributed by atoms with Gasteiger partial charge in [-0.3, -0.25) is 4.68 Å². The SMILES string of the molecule is CCSCC(O)Cc1c(C)nn(C)c1Cl. The molecule has 0 fully saturated rings. The first-order valence-corrected chi connectivity index (χ1v) is 6.53. The van der Waals surface area contributed by atoms with E-state index in [-0.39, 0.29) is 6.10 Å². The number of rotatable bonds is 5. The van der Waals surface area contributed by atoms with Crippen LogP contribution in [0.1, 0.15) is 18.2 Å². The molecule has 0 spiro atoms. The zero-order valence-corrected chi connectivity index (χ0v) is 10.9. The second-order valence-electron chi connectivity index (χ2n) is 3.50. The van der Waals surface area contributed by atoms with Crippen LogP contribution in [0.15, 0.2) is 0 Å². The number of nitrogens with zero attached hydrogens (tertiary/aromatic N) is 2. The Hall–Kier alpha value is -0.190. The second-order valence-corrected chi connectivity index (χ2v) is 5.17. The second kappa shape index (κ2) is 5.77. The van der Waals surface area contributed by atoms with E-state index in [1.54, 1.807) is 16.4 Å². The van der Waals surface area contributed by atoms with Gasteiger partial charge in [0.1, 0.15) is 5.15 Å². The quantitative estimate of drug-likeness (QED) is 0.867. The summed E-state index contributed by atoms with van der Waals surface area (Å²) in [5.74, 6) is 1.78. The highest BCUT2D eigenvalue weighted by molar-refractivity contribution is 7.99. The summed E-state index contributed by atoms with van der Waals surface area (Å²) in [7, 11) is 1.81. The summed E-state index contributed by atoms with van der Waals surface area (Å²) in [6.45, 7) is 4.00. The Bertz CT molecular complexity index is 327. The van der Waals surface area contributed by atoms with Crippen molar-refractivity contribution < 1.29 is 5.11 Å². The molecule has 15 heavy (non-hydrogen) atoms. The van der Waals surface area contributed by atoms with E-state index in [0.717, 1.165) is 22.8 Å². The van der Waals surface area contributed by atoms with Crippen LogP contribution in [0.4, 0.5) is 0 Å². The van der Waals surface area contributed by atoms with Gasteiger partial charge in [-0.25, -0.2) is 0 Å². The van der Waals surface area contributed by atoms with Crippen LogP contribution in [0.25, 0.3) is 0 Å². The van der Waals surface area contributed by atoms with E-state index in [9.17, 15) is 5.11 Å². The molecule has 0 aromatic carbocycles. The van der Waals surface area contributed by atoms with Crippen molar-refractivity contribution in [2.24, 2.45) is 7.05 Å². The molecule has 1 heterocycles. The van der Waals surface area contributed by atoms with E-state index in [4.69, 9.17) is 11.6 Å². The number of hydrogen-bond acceptors (Lipinski definition) is 3. The van der Waals surface area contributed by atoms with Crippen molar-refractivity contribution >= 4 is 23.4 Å². The first-order chi connectivity index (χ1) is 7.06. The van der Waals surface area contributed by atoms with Crippen molar-refractivity contribution in [3.05, 3.63) is 16.4 Å². The molecular formula is C10H17ClN2OS. The average molecular weight is 249 g/mol. The molecule has 1 aromatic heterocycles. The third-order valence-corrected chi connectivity index (χ3v) is 3.73. The van der Waals surface area contributed by atoms with Gasteiger partial charge < -0.3 is 5.11 Å². The van der Waals surface area contributed by atoms with Crippen molar-refractivity contribution in [1.82, 2.24) is 9.78 Å². The van der Waals surface area contributed by atoms with Crippen molar-refractivity contribution in [3.63, 3.8) is 0 Å². The number of hydrogen-bond donors (Lipinski definition) is 1. The Morgan fingerprint density at radius 1 is 1.60 bits per heavy atom. The van der Waals surface area contributed by atoms with E-state index in [1.807, 2.05) is 14.0 Å². The summed E-state index contributed by atoms with van der Waals surface area (Å²) in [6, 6.07) is 0. The van der Waals surface area contributed by atoms with Crippen LogP contribution in [-0.2, 0) is 13.5 Å². The summed E-state index contributed by atoms with van der Waals surface area (Å²) < 4.78 is 1.64. The van der Waals surface area contributed by atoms with E-state index < -0.39 is 0 Å². The highest BCUT2D eigenvalue weighted by atomic mass is 35.5. The maximum Gasteiger partial charge on any atom is 0.130 e. The molecular weight excluding hydrogens is 232 g/mol. The summed E-state index contributed by atoms with van der Waals surface area (Å²) in [6.07, 6.45) is 0.251. The number of aryl methyl sites for hydroxylation is 2. The maximum atomic E-state index is 9.78. The fraction of sp³-hybridized carbons (Fsp3) is 0.700. The van der Waals surface area contributed by atoms with Crippen LogP contribution >= 0.6 is 23.4 Å². The Morgan fingerprint density at radius 3 is 2.73 bits per heavy atom. The van der Waals surface area contributed by atoms with Crippen molar-refractivity contribution in [1.29, 1.82) is 0 Å². The van der Waals surface area contributed by atoms with Gasteiger partial charge in [0.15, 0.2) is 0 Å². The first-order valence-electron chi connectivity index (χ1n) is 5.00. The van der Waals surface area contributed by atoms with Gasteiger partial charge in [-0.1, -0.05) is 18.5 Å². The van der Waals surface area contributed by atoms with Gasteiger partial charge >= 0.3 is 0 Å². The predicted octanol–water partition coefficient (Wildman–Crippen LogP) is 2.04. The van der Waals surface area contributed by atoms with Crippen LogP contribution < -0.4 is 0 Å². The Kier molecular flexibility index (Phi) is 4.96. The highest BCUT2D eigenvalue weighted by Gasteiger charge is 2.15. The fourth-order valence-electron chi connectivity index (χ4n) is 1.45. The lowest BCUT2D eigenvalue weighted by Gasteiger charge is -2.09. The van der Waals surface area contributed by atoms with Crippen molar-refractivity contribution in [2.75, 3.05) is 11.5 Å². The molecule has 0 saturated carbocycles. The monoisotopic (exact) mass is 248 g/mol. The molecule has 0 amide bonds. The Balaban J connectivity index is 2.63. The molecule has 3 nitrogen and oxygen atoms in total. The van der Waals surface area contributed by atoms with E-state index in [1.165, 1.54) is 0 Å². The number of thioether (sulfide) groups is 1. The molecule has 1 aromatic rings. The summed E-state index contributed by atoms with van der Waals surface area (Å²) in [5, 5.41) is 14.6. The summed E-state index contributed by atoms with van der Waals surface area (Å²) in [5.41, 5.74) is 1.87. The van der Waals surface area contributed by atoms with Gasteiger partial charge in [-0.15, -0.1) is 0 Å². The third kappa shape index (κ3) is 3.40. The van der Waals surface area contributed by atoms with Gasteiger partial charge in [0.05, 0.1) is 11.8 Å². The van der Waals surface area contributed by atoms with Gasteiger partial charge in [0.2, 0.25) is 0 Å². The molecule has 1 atom stereocenters. The van der Waals surface area contributed by atoms with Crippen LogP contribution in [0.3, 0.4) is 0 Å². The minimum absolute atomic E-state index is 0.338.